The zero-order valence-electron chi connectivity index (χ0n) is 21.4. The molecule has 0 spiro atoms. The summed E-state index contributed by atoms with van der Waals surface area (Å²) in [4.78, 5) is 28.6. The predicted molar refractivity (Wildman–Crippen MR) is 138 cm³/mol. The van der Waals surface area contributed by atoms with Crippen molar-refractivity contribution in [1.82, 2.24) is 15.3 Å². The quantitative estimate of drug-likeness (QED) is 0.384. The summed E-state index contributed by atoms with van der Waals surface area (Å²) in [5, 5.41) is 26.9. The highest BCUT2D eigenvalue weighted by atomic mass is 19.1. The van der Waals surface area contributed by atoms with Crippen molar-refractivity contribution in [1.29, 1.82) is 0 Å². The van der Waals surface area contributed by atoms with Gasteiger partial charge in [0.1, 0.15) is 17.7 Å². The van der Waals surface area contributed by atoms with Crippen LogP contribution in [-0.4, -0.2) is 70.4 Å². The molecule has 1 saturated heterocycles. The van der Waals surface area contributed by atoms with Gasteiger partial charge < -0.3 is 30.6 Å². The van der Waals surface area contributed by atoms with Crippen molar-refractivity contribution in [3.63, 3.8) is 0 Å². The van der Waals surface area contributed by atoms with E-state index in [0.29, 0.717) is 25.7 Å². The van der Waals surface area contributed by atoms with E-state index < -0.39 is 36.9 Å². The Morgan fingerprint density at radius 1 is 1.11 bits per heavy atom. The average molecular weight is 533 g/mol. The molecule has 0 radical (unpaired) electrons. The van der Waals surface area contributed by atoms with Gasteiger partial charge in [-0.1, -0.05) is 5.16 Å². The van der Waals surface area contributed by atoms with Crippen LogP contribution in [0.4, 0.5) is 25.2 Å². The minimum atomic E-state index is -0.898. The third-order valence-corrected chi connectivity index (χ3v) is 6.94. The average Bonchev–Trinajstić information content (AvgIpc) is 2.93. The highest BCUT2D eigenvalue weighted by Crippen LogP contribution is 2.35. The molecule has 2 amide bonds. The molecule has 1 saturated carbocycles. The van der Waals surface area contributed by atoms with Crippen LogP contribution in [0.5, 0.6) is 0 Å². The summed E-state index contributed by atoms with van der Waals surface area (Å²) in [6.45, 7) is 2.57. The van der Waals surface area contributed by atoms with Crippen molar-refractivity contribution >= 4 is 23.4 Å². The highest BCUT2D eigenvalue weighted by molar-refractivity contribution is 5.89. The van der Waals surface area contributed by atoms with Crippen molar-refractivity contribution in [2.45, 2.75) is 63.5 Å². The number of aryl methyl sites for hydroxylation is 1. The number of halogens is 2. The van der Waals surface area contributed by atoms with Crippen molar-refractivity contribution in [3.8, 4) is 0 Å². The molecule has 2 aliphatic rings. The molecule has 2 heterocycles. The van der Waals surface area contributed by atoms with E-state index in [1.54, 1.807) is 0 Å². The molecule has 12 heteroatoms. The van der Waals surface area contributed by atoms with Gasteiger partial charge in [0.15, 0.2) is 0 Å². The van der Waals surface area contributed by atoms with Crippen LogP contribution < -0.4 is 15.5 Å². The van der Waals surface area contributed by atoms with Gasteiger partial charge in [0.05, 0.1) is 30.7 Å². The fourth-order valence-electron chi connectivity index (χ4n) is 4.68. The molecule has 4 rings (SSSR count). The van der Waals surface area contributed by atoms with E-state index in [9.17, 15) is 13.6 Å². The van der Waals surface area contributed by atoms with Crippen molar-refractivity contribution < 1.29 is 28.6 Å². The molecule has 2 fully saturated rings. The van der Waals surface area contributed by atoms with E-state index in [1.165, 1.54) is 0 Å². The number of aliphatic hydroxyl groups is 2. The van der Waals surface area contributed by atoms with Crippen molar-refractivity contribution in [2.24, 2.45) is 5.16 Å². The zero-order chi connectivity index (χ0) is 27.1. The Bertz CT molecular complexity index is 1110. The van der Waals surface area contributed by atoms with Crippen molar-refractivity contribution in [2.75, 3.05) is 36.5 Å². The number of carbonyl (C=O) groups is 1. The van der Waals surface area contributed by atoms with Crippen LogP contribution in [0.2, 0.25) is 0 Å². The number of carbonyl (C=O) groups excluding carboxylic acids is 1. The van der Waals surface area contributed by atoms with Gasteiger partial charge in [0.25, 0.3) is 0 Å². The largest absolute Gasteiger partial charge is 0.394 e. The summed E-state index contributed by atoms with van der Waals surface area (Å²) in [7, 11) is 0. The Morgan fingerprint density at radius 3 is 2.39 bits per heavy atom. The van der Waals surface area contributed by atoms with Crippen LogP contribution in [0.15, 0.2) is 29.7 Å². The molecule has 1 aromatic carbocycles. The van der Waals surface area contributed by atoms with Gasteiger partial charge in [-0.05, 0) is 55.7 Å². The number of aliphatic hydroxyl groups excluding tert-OH is 2. The van der Waals surface area contributed by atoms with Gasteiger partial charge in [-0.25, -0.2) is 23.5 Å². The standard InChI is InChI=1S/C26H34F2N6O4/c1-16-12-29-25(30-13-16)34-8-6-20(7-9-34)38-33-18-4-2-17(3-5-18)21-10-23(28)24(11-22(21)27)32-26(37)31-19(14-35)15-36/h10-13,17,19-20,35-36H,2-9,14-15H2,1H3,(H2,31,32,37). The predicted octanol–water partition coefficient (Wildman–Crippen LogP) is 3.24. The van der Waals surface area contributed by atoms with Crippen LogP contribution in [0.1, 0.15) is 55.6 Å². The first kappa shape index (κ1) is 27.6. The van der Waals surface area contributed by atoms with Gasteiger partial charge in [-0.3, -0.25) is 0 Å². The Labute approximate surface area is 220 Å². The summed E-state index contributed by atoms with van der Waals surface area (Å²) in [6, 6.07) is 0.329. The molecule has 1 aromatic heterocycles. The second-order valence-corrected chi connectivity index (χ2v) is 9.80. The van der Waals surface area contributed by atoms with E-state index in [0.717, 1.165) is 55.3 Å². The third kappa shape index (κ3) is 7.13. The lowest BCUT2D eigenvalue weighted by Crippen LogP contribution is -2.42. The summed E-state index contributed by atoms with van der Waals surface area (Å²) in [5.74, 6) is -0.802. The number of amides is 2. The topological polar surface area (TPSA) is 132 Å². The lowest BCUT2D eigenvalue weighted by atomic mass is 9.83. The second-order valence-electron chi connectivity index (χ2n) is 9.80. The Morgan fingerprint density at radius 2 is 1.76 bits per heavy atom. The lowest BCUT2D eigenvalue weighted by molar-refractivity contribution is 0.0406. The number of aromatic nitrogens is 2. The van der Waals surface area contributed by atoms with Gasteiger partial charge in [0, 0.05) is 44.4 Å². The molecular formula is C26H34F2N6O4. The molecule has 4 N–H and O–H groups in total. The highest BCUT2D eigenvalue weighted by Gasteiger charge is 2.26. The van der Waals surface area contributed by atoms with Crippen LogP contribution in [0.3, 0.4) is 0 Å². The van der Waals surface area contributed by atoms with Gasteiger partial charge in [-0.2, -0.15) is 0 Å². The first-order valence-electron chi connectivity index (χ1n) is 12.9. The number of nitrogens with one attached hydrogen (secondary N) is 2. The lowest BCUT2D eigenvalue weighted by Gasteiger charge is -2.31. The summed E-state index contributed by atoms with van der Waals surface area (Å²) in [5.41, 5.74) is 1.90. The van der Waals surface area contributed by atoms with Gasteiger partial charge in [-0.15, -0.1) is 0 Å². The van der Waals surface area contributed by atoms with Crippen LogP contribution >= 0.6 is 0 Å². The van der Waals surface area contributed by atoms with E-state index in [-0.39, 0.29) is 23.3 Å². The smallest absolute Gasteiger partial charge is 0.319 e. The molecular weight excluding hydrogens is 498 g/mol. The maximum absolute atomic E-state index is 14.8. The Hall–Kier alpha value is -3.38. The number of benzene rings is 1. The minimum absolute atomic E-state index is 0.0238. The molecule has 0 atom stereocenters. The maximum Gasteiger partial charge on any atom is 0.319 e. The monoisotopic (exact) mass is 532 g/mol. The third-order valence-electron chi connectivity index (χ3n) is 6.94. The van der Waals surface area contributed by atoms with E-state index in [2.05, 4.69) is 30.7 Å². The number of hydrogen-bond donors (Lipinski definition) is 4. The molecule has 0 bridgehead atoms. The Kier molecular flexibility index (Phi) is 9.40. The number of anilines is 2. The fraction of sp³-hybridized carbons (Fsp3) is 0.538. The van der Waals surface area contributed by atoms with E-state index >= 15 is 0 Å². The summed E-state index contributed by atoms with van der Waals surface area (Å²) >= 11 is 0. The second kappa shape index (κ2) is 12.9. The fourth-order valence-corrected chi connectivity index (χ4v) is 4.68. The number of piperidine rings is 1. The molecule has 1 aliphatic heterocycles. The molecule has 206 valence electrons. The summed E-state index contributed by atoms with van der Waals surface area (Å²) in [6.07, 6.45) is 7.78. The SMILES string of the molecule is Cc1cnc(N2CCC(ON=C3CCC(c4cc(F)c(NC(=O)NC(CO)CO)cc4F)CC3)CC2)nc1. The number of oxime groups is 1. The number of nitrogens with zero attached hydrogens (tertiary/aromatic N) is 4. The van der Waals surface area contributed by atoms with Crippen LogP contribution in [-0.2, 0) is 4.84 Å². The molecule has 0 unspecified atom stereocenters. The van der Waals surface area contributed by atoms with Crippen molar-refractivity contribution in [3.05, 3.63) is 47.3 Å². The first-order valence-corrected chi connectivity index (χ1v) is 12.9. The molecule has 2 aromatic rings. The van der Waals surface area contributed by atoms with Gasteiger partial charge >= 0.3 is 6.03 Å². The van der Waals surface area contributed by atoms with E-state index in [4.69, 9.17) is 15.1 Å². The summed E-state index contributed by atoms with van der Waals surface area (Å²) < 4.78 is 29.5. The normalized spacial score (nSPS) is 18.4. The minimum Gasteiger partial charge on any atom is -0.394 e. The van der Waals surface area contributed by atoms with Crippen LogP contribution in [0, 0.1) is 18.6 Å². The number of urea groups is 1. The van der Waals surface area contributed by atoms with Gasteiger partial charge in [0.2, 0.25) is 5.95 Å². The zero-order valence-corrected chi connectivity index (χ0v) is 21.4. The molecule has 38 heavy (non-hydrogen) atoms. The number of hydrogen-bond acceptors (Lipinski definition) is 8. The maximum atomic E-state index is 14.8. The Balaban J connectivity index is 1.25. The number of rotatable bonds is 8. The first-order chi connectivity index (χ1) is 18.4. The van der Waals surface area contributed by atoms with Crippen LogP contribution in [0.25, 0.3) is 0 Å². The molecule has 1 aliphatic carbocycles. The molecule has 10 nitrogen and oxygen atoms in total. The van der Waals surface area contributed by atoms with E-state index in [1.807, 2.05) is 19.3 Å².